The average Bonchev–Trinajstić information content (AvgIpc) is 3.42. The number of nitrogens with one attached hydrogen (secondary N) is 3. The van der Waals surface area contributed by atoms with Crippen molar-refractivity contribution in [3.63, 3.8) is 0 Å². The lowest BCUT2D eigenvalue weighted by molar-refractivity contribution is 0.0941. The molecule has 0 radical (unpaired) electrons. The summed E-state index contributed by atoms with van der Waals surface area (Å²) >= 11 is 0. The largest absolute Gasteiger partial charge is 0.496 e. The molecule has 0 aliphatic heterocycles. The molecule has 0 bridgehead atoms. The first-order chi connectivity index (χ1) is 14.2. The van der Waals surface area contributed by atoms with Gasteiger partial charge in [-0.3, -0.25) is 14.7 Å². The molecule has 0 aliphatic rings. The number of amides is 1. The van der Waals surface area contributed by atoms with Crippen molar-refractivity contribution < 1.29 is 14.1 Å². The van der Waals surface area contributed by atoms with Crippen molar-refractivity contribution >= 4 is 5.91 Å². The van der Waals surface area contributed by atoms with Gasteiger partial charge in [-0.2, -0.15) is 10.1 Å². The molecule has 4 rings (SSSR count). The molecule has 1 amide bonds. The Labute approximate surface area is 163 Å². The number of aromatic amines is 2. The van der Waals surface area contributed by atoms with E-state index in [1.54, 1.807) is 25.3 Å². The Morgan fingerprint density at radius 2 is 2.03 bits per heavy atom. The molecule has 3 aromatic heterocycles. The van der Waals surface area contributed by atoms with Gasteiger partial charge in [0.25, 0.3) is 11.5 Å². The molecule has 0 atom stereocenters. The second-order valence-electron chi connectivity index (χ2n) is 5.97. The number of rotatable bonds is 6. The molecule has 0 saturated carbocycles. The molecule has 10 nitrogen and oxygen atoms in total. The van der Waals surface area contributed by atoms with E-state index >= 15 is 0 Å². The number of para-hydroxylation sites is 1. The SMILES string of the molecule is COc1ccccc1-c1cc(C(=O)NCc2nc(-c3ccc[nH]c3=O)no2)[nH]n1. The second-order valence-corrected chi connectivity index (χ2v) is 5.97. The Hall–Kier alpha value is -4.21. The highest BCUT2D eigenvalue weighted by molar-refractivity contribution is 5.93. The molecule has 4 aromatic rings. The van der Waals surface area contributed by atoms with E-state index in [1.807, 2.05) is 24.3 Å². The van der Waals surface area contributed by atoms with Crippen LogP contribution in [-0.4, -0.2) is 38.3 Å². The zero-order valence-corrected chi connectivity index (χ0v) is 15.3. The van der Waals surface area contributed by atoms with E-state index in [4.69, 9.17) is 9.26 Å². The number of hydrogen-bond donors (Lipinski definition) is 3. The van der Waals surface area contributed by atoms with Crippen LogP contribution >= 0.6 is 0 Å². The Morgan fingerprint density at radius 1 is 1.21 bits per heavy atom. The Balaban J connectivity index is 1.44. The summed E-state index contributed by atoms with van der Waals surface area (Å²) in [4.78, 5) is 30.8. The monoisotopic (exact) mass is 392 g/mol. The maximum Gasteiger partial charge on any atom is 0.269 e. The Bertz CT molecular complexity index is 1210. The van der Waals surface area contributed by atoms with E-state index in [0.29, 0.717) is 11.4 Å². The molecule has 0 fully saturated rings. The van der Waals surface area contributed by atoms with Gasteiger partial charge in [0.2, 0.25) is 11.7 Å². The summed E-state index contributed by atoms with van der Waals surface area (Å²) in [6, 6.07) is 12.2. The third-order valence-corrected chi connectivity index (χ3v) is 4.13. The molecule has 146 valence electrons. The minimum absolute atomic E-state index is 0.000414. The van der Waals surface area contributed by atoms with E-state index in [0.717, 1.165) is 5.56 Å². The Morgan fingerprint density at radius 3 is 2.86 bits per heavy atom. The van der Waals surface area contributed by atoms with Crippen LogP contribution < -0.4 is 15.6 Å². The molecule has 0 spiro atoms. The number of methoxy groups -OCH3 is 1. The number of ether oxygens (including phenoxy) is 1. The number of carbonyl (C=O) groups excluding carboxylic acids is 1. The maximum atomic E-state index is 12.4. The number of pyridine rings is 1. The number of aromatic nitrogens is 5. The molecule has 0 saturated heterocycles. The van der Waals surface area contributed by atoms with Gasteiger partial charge in [0.15, 0.2) is 0 Å². The third-order valence-electron chi connectivity index (χ3n) is 4.13. The summed E-state index contributed by atoms with van der Waals surface area (Å²) in [5.74, 6) is 0.577. The van der Waals surface area contributed by atoms with Crippen LogP contribution in [0.3, 0.4) is 0 Å². The Kier molecular flexibility index (Phi) is 4.89. The summed E-state index contributed by atoms with van der Waals surface area (Å²) < 4.78 is 10.4. The van der Waals surface area contributed by atoms with Crippen molar-refractivity contribution in [3.8, 4) is 28.4 Å². The van der Waals surface area contributed by atoms with Gasteiger partial charge in [0.1, 0.15) is 11.4 Å². The number of benzene rings is 1. The van der Waals surface area contributed by atoms with Crippen molar-refractivity contribution in [3.05, 3.63) is 70.6 Å². The van der Waals surface area contributed by atoms with E-state index < -0.39 is 5.91 Å². The average molecular weight is 392 g/mol. The highest BCUT2D eigenvalue weighted by Gasteiger charge is 2.16. The molecule has 0 aliphatic carbocycles. The summed E-state index contributed by atoms with van der Waals surface area (Å²) in [5.41, 5.74) is 1.56. The number of carbonyl (C=O) groups is 1. The van der Waals surface area contributed by atoms with E-state index in [2.05, 4.69) is 30.6 Å². The minimum atomic E-state index is -0.393. The molecular formula is C19H16N6O4. The van der Waals surface area contributed by atoms with Crippen LogP contribution in [0, 0.1) is 0 Å². The fourth-order valence-electron chi connectivity index (χ4n) is 2.72. The summed E-state index contributed by atoms with van der Waals surface area (Å²) in [6.07, 6.45) is 1.51. The summed E-state index contributed by atoms with van der Waals surface area (Å²) in [5, 5.41) is 13.3. The van der Waals surface area contributed by atoms with Crippen LogP contribution in [0.15, 0.2) is 58.0 Å². The van der Waals surface area contributed by atoms with Gasteiger partial charge in [-0.15, -0.1) is 0 Å². The third kappa shape index (κ3) is 3.76. The first-order valence-electron chi connectivity index (χ1n) is 8.63. The highest BCUT2D eigenvalue weighted by Crippen LogP contribution is 2.28. The molecule has 10 heteroatoms. The quantitative estimate of drug-likeness (QED) is 0.454. The zero-order chi connectivity index (χ0) is 20.2. The predicted octanol–water partition coefficient (Wildman–Crippen LogP) is 1.75. The number of H-pyrrole nitrogens is 2. The van der Waals surface area contributed by atoms with Crippen LogP contribution in [0.4, 0.5) is 0 Å². The zero-order valence-electron chi connectivity index (χ0n) is 15.3. The van der Waals surface area contributed by atoms with Gasteiger partial charge in [-0.1, -0.05) is 17.3 Å². The molecular weight excluding hydrogens is 376 g/mol. The fourth-order valence-corrected chi connectivity index (χ4v) is 2.72. The van der Waals surface area contributed by atoms with Gasteiger partial charge in [0.05, 0.1) is 24.9 Å². The first-order valence-corrected chi connectivity index (χ1v) is 8.63. The second kappa shape index (κ2) is 7.80. The van der Waals surface area contributed by atoms with Crippen LogP contribution in [0.25, 0.3) is 22.6 Å². The van der Waals surface area contributed by atoms with E-state index in [1.165, 1.54) is 6.20 Å². The van der Waals surface area contributed by atoms with Crippen LogP contribution in [0.5, 0.6) is 5.75 Å². The normalized spacial score (nSPS) is 10.7. The number of hydrogen-bond acceptors (Lipinski definition) is 7. The molecule has 1 aromatic carbocycles. The maximum absolute atomic E-state index is 12.4. The van der Waals surface area contributed by atoms with Gasteiger partial charge >= 0.3 is 0 Å². The molecule has 29 heavy (non-hydrogen) atoms. The summed E-state index contributed by atoms with van der Waals surface area (Å²) in [7, 11) is 1.57. The first kappa shape index (κ1) is 18.2. The van der Waals surface area contributed by atoms with E-state index in [-0.39, 0.29) is 35.1 Å². The van der Waals surface area contributed by atoms with Gasteiger partial charge in [-0.25, -0.2) is 0 Å². The lowest BCUT2D eigenvalue weighted by atomic mass is 10.1. The van der Waals surface area contributed by atoms with Crippen molar-refractivity contribution in [1.82, 2.24) is 30.6 Å². The van der Waals surface area contributed by atoms with Gasteiger partial charge in [-0.05, 0) is 30.3 Å². The van der Waals surface area contributed by atoms with Gasteiger partial charge < -0.3 is 19.6 Å². The standard InChI is InChI=1S/C19H16N6O4/c1-28-15-7-3-2-5-11(15)13-9-14(24-23-13)19(27)21-10-16-22-17(25-29-16)12-6-4-8-20-18(12)26/h2-9H,10H2,1H3,(H,20,26)(H,21,27)(H,23,24). The smallest absolute Gasteiger partial charge is 0.269 e. The molecule has 3 heterocycles. The summed E-state index contributed by atoms with van der Waals surface area (Å²) in [6.45, 7) is -0.000414. The fraction of sp³-hybridized carbons (Fsp3) is 0.105. The van der Waals surface area contributed by atoms with Crippen molar-refractivity contribution in [2.75, 3.05) is 7.11 Å². The lowest BCUT2D eigenvalue weighted by Crippen LogP contribution is -2.23. The van der Waals surface area contributed by atoms with Crippen LogP contribution in [0.1, 0.15) is 16.4 Å². The predicted molar refractivity (Wildman–Crippen MR) is 102 cm³/mol. The van der Waals surface area contributed by atoms with Gasteiger partial charge in [0, 0.05) is 11.8 Å². The highest BCUT2D eigenvalue weighted by atomic mass is 16.5. The molecule has 0 unspecified atom stereocenters. The van der Waals surface area contributed by atoms with Crippen LogP contribution in [0.2, 0.25) is 0 Å². The molecule has 3 N–H and O–H groups in total. The van der Waals surface area contributed by atoms with Crippen molar-refractivity contribution in [2.24, 2.45) is 0 Å². The van der Waals surface area contributed by atoms with Crippen LogP contribution in [-0.2, 0) is 6.54 Å². The topological polar surface area (TPSA) is 139 Å². The van der Waals surface area contributed by atoms with E-state index in [9.17, 15) is 9.59 Å². The van der Waals surface area contributed by atoms with Crippen molar-refractivity contribution in [1.29, 1.82) is 0 Å². The van der Waals surface area contributed by atoms with Crippen molar-refractivity contribution in [2.45, 2.75) is 6.54 Å². The lowest BCUT2D eigenvalue weighted by Gasteiger charge is -2.04. The number of nitrogens with zero attached hydrogens (tertiary/aromatic N) is 3. The minimum Gasteiger partial charge on any atom is -0.496 e.